The van der Waals surface area contributed by atoms with Crippen LogP contribution in [0, 0.1) is 6.92 Å². The van der Waals surface area contributed by atoms with Gasteiger partial charge in [-0.25, -0.2) is 0 Å². The number of aromatic nitrogens is 1. The maximum Gasteiger partial charge on any atom is 0.326 e. The summed E-state index contributed by atoms with van der Waals surface area (Å²) in [4.78, 5) is 35.4. The van der Waals surface area contributed by atoms with E-state index in [0.29, 0.717) is 5.69 Å². The molecule has 1 aliphatic rings. The molecule has 0 aliphatic heterocycles. The monoisotopic (exact) mass is 388 g/mol. The average Bonchev–Trinajstić information content (AvgIpc) is 2.98. The second kappa shape index (κ2) is 8.52. The Labute approximate surface area is 162 Å². The second-order valence-corrected chi connectivity index (χ2v) is 7.73. The molecule has 0 saturated carbocycles. The smallest absolute Gasteiger partial charge is 0.326 e. The third-order valence-electron chi connectivity index (χ3n) is 4.88. The molecule has 0 bridgehead atoms. The number of carbonyl (C=O) groups is 2. The standard InChI is InChI=1S/C20H24N2O4S/c1-13-12-27-20(25)22(13)10-19(24)26-11-18(23)21-14(2)16-8-7-15-5-3-4-6-17(15)9-16/h7-9,12,14H,3-6,10-11H2,1-2H3,(H,21,23)/t14-/m1/s1. The third kappa shape index (κ3) is 4.86. The zero-order chi connectivity index (χ0) is 19.4. The van der Waals surface area contributed by atoms with Gasteiger partial charge in [0.05, 0.1) is 6.04 Å². The topological polar surface area (TPSA) is 77.4 Å². The van der Waals surface area contributed by atoms with Crippen LogP contribution in [0.4, 0.5) is 0 Å². The molecule has 1 aliphatic carbocycles. The van der Waals surface area contributed by atoms with E-state index in [2.05, 4.69) is 17.4 Å². The summed E-state index contributed by atoms with van der Waals surface area (Å²) in [7, 11) is 0. The predicted octanol–water partition coefficient (Wildman–Crippen LogP) is 2.52. The first kappa shape index (κ1) is 19.4. The number of nitrogens with zero attached hydrogens (tertiary/aromatic N) is 1. The summed E-state index contributed by atoms with van der Waals surface area (Å²) >= 11 is 1.03. The average molecular weight is 388 g/mol. The maximum atomic E-state index is 12.1. The fraction of sp³-hybridized carbons (Fsp3) is 0.450. The van der Waals surface area contributed by atoms with Crippen molar-refractivity contribution in [3.05, 3.63) is 55.6 Å². The summed E-state index contributed by atoms with van der Waals surface area (Å²) in [6.45, 7) is 3.13. The molecule has 0 unspecified atom stereocenters. The third-order valence-corrected chi connectivity index (χ3v) is 5.76. The molecule has 0 spiro atoms. The van der Waals surface area contributed by atoms with E-state index in [-0.39, 0.29) is 30.0 Å². The number of ether oxygens (including phenoxy) is 1. The van der Waals surface area contributed by atoms with Crippen LogP contribution in [-0.4, -0.2) is 23.1 Å². The fourth-order valence-electron chi connectivity index (χ4n) is 3.31. The van der Waals surface area contributed by atoms with Gasteiger partial charge in [-0.1, -0.05) is 29.5 Å². The Morgan fingerprint density at radius 2 is 2.00 bits per heavy atom. The van der Waals surface area contributed by atoms with E-state index < -0.39 is 5.97 Å². The number of esters is 1. The van der Waals surface area contributed by atoms with Crippen LogP contribution in [0.15, 0.2) is 28.4 Å². The van der Waals surface area contributed by atoms with Crippen LogP contribution in [0.3, 0.4) is 0 Å². The Bertz CT molecular complexity index is 900. The van der Waals surface area contributed by atoms with E-state index in [4.69, 9.17) is 4.74 Å². The molecule has 3 rings (SSSR count). The van der Waals surface area contributed by atoms with Crippen molar-refractivity contribution in [3.8, 4) is 0 Å². The molecule has 0 fully saturated rings. The minimum absolute atomic E-state index is 0.162. The highest BCUT2D eigenvalue weighted by atomic mass is 32.1. The molecular formula is C20H24N2O4S. The Balaban J connectivity index is 1.50. The van der Waals surface area contributed by atoms with Gasteiger partial charge in [0, 0.05) is 11.1 Å². The van der Waals surface area contributed by atoms with Gasteiger partial charge in [0.15, 0.2) is 6.61 Å². The summed E-state index contributed by atoms with van der Waals surface area (Å²) in [5, 5.41) is 4.54. The first-order chi connectivity index (χ1) is 12.9. The minimum atomic E-state index is -0.602. The number of rotatable bonds is 6. The zero-order valence-corrected chi connectivity index (χ0v) is 16.4. The van der Waals surface area contributed by atoms with Crippen molar-refractivity contribution < 1.29 is 14.3 Å². The molecule has 6 nitrogen and oxygen atoms in total. The summed E-state index contributed by atoms with van der Waals surface area (Å²) < 4.78 is 6.34. The normalized spacial score (nSPS) is 14.3. The molecule has 1 amide bonds. The molecule has 144 valence electrons. The first-order valence-corrected chi connectivity index (χ1v) is 10.0. The highest BCUT2D eigenvalue weighted by Crippen LogP contribution is 2.24. The van der Waals surface area contributed by atoms with Gasteiger partial charge in [0.25, 0.3) is 5.91 Å². The number of aryl methyl sites for hydroxylation is 3. The van der Waals surface area contributed by atoms with Crippen LogP contribution in [-0.2, 0) is 33.7 Å². The Morgan fingerprint density at radius 1 is 1.26 bits per heavy atom. The number of benzene rings is 1. The number of amides is 1. The molecule has 2 aromatic rings. The van der Waals surface area contributed by atoms with Gasteiger partial charge >= 0.3 is 10.8 Å². The van der Waals surface area contributed by atoms with E-state index in [1.54, 1.807) is 12.3 Å². The van der Waals surface area contributed by atoms with Crippen molar-refractivity contribution in [2.24, 2.45) is 0 Å². The van der Waals surface area contributed by atoms with Crippen molar-refractivity contribution in [2.45, 2.75) is 52.1 Å². The fourth-order valence-corrected chi connectivity index (χ4v) is 4.04. The summed E-state index contributed by atoms with van der Waals surface area (Å²) in [6, 6.07) is 6.20. The van der Waals surface area contributed by atoms with Gasteiger partial charge in [-0.05, 0) is 56.2 Å². The van der Waals surface area contributed by atoms with Crippen LogP contribution in [0.1, 0.15) is 48.2 Å². The number of hydrogen-bond acceptors (Lipinski definition) is 5. The molecular weight excluding hydrogens is 364 g/mol. The van der Waals surface area contributed by atoms with Crippen LogP contribution in [0.25, 0.3) is 0 Å². The van der Waals surface area contributed by atoms with Crippen LogP contribution >= 0.6 is 11.3 Å². The van der Waals surface area contributed by atoms with E-state index in [1.807, 2.05) is 13.0 Å². The number of nitrogens with one attached hydrogen (secondary N) is 1. The van der Waals surface area contributed by atoms with Crippen molar-refractivity contribution in [1.29, 1.82) is 0 Å². The molecule has 27 heavy (non-hydrogen) atoms. The quantitative estimate of drug-likeness (QED) is 0.772. The van der Waals surface area contributed by atoms with Crippen molar-refractivity contribution >= 4 is 23.2 Å². The predicted molar refractivity (Wildman–Crippen MR) is 104 cm³/mol. The zero-order valence-electron chi connectivity index (χ0n) is 15.6. The lowest BCUT2D eigenvalue weighted by atomic mass is 9.89. The SMILES string of the molecule is Cc1csc(=O)n1CC(=O)OCC(=O)N[C@H](C)c1ccc2c(c1)CCCC2. The molecule has 0 radical (unpaired) electrons. The van der Waals surface area contributed by atoms with Crippen molar-refractivity contribution in [1.82, 2.24) is 9.88 Å². The van der Waals surface area contributed by atoms with Gasteiger partial charge in [-0.3, -0.25) is 19.0 Å². The van der Waals surface area contributed by atoms with E-state index in [1.165, 1.54) is 28.5 Å². The number of carbonyl (C=O) groups excluding carboxylic acids is 2. The lowest BCUT2D eigenvalue weighted by Crippen LogP contribution is -2.32. The minimum Gasteiger partial charge on any atom is -0.454 e. The molecule has 1 aromatic carbocycles. The van der Waals surface area contributed by atoms with E-state index >= 15 is 0 Å². The van der Waals surface area contributed by atoms with Crippen LogP contribution in [0.5, 0.6) is 0 Å². The second-order valence-electron chi connectivity index (χ2n) is 6.91. The summed E-state index contributed by atoms with van der Waals surface area (Å²) in [5.41, 5.74) is 4.52. The maximum absolute atomic E-state index is 12.1. The molecule has 1 N–H and O–H groups in total. The Hall–Kier alpha value is -2.41. The highest BCUT2D eigenvalue weighted by Gasteiger charge is 2.16. The number of hydrogen-bond donors (Lipinski definition) is 1. The molecule has 1 atom stereocenters. The summed E-state index contributed by atoms with van der Waals surface area (Å²) in [5.74, 6) is -0.960. The van der Waals surface area contributed by atoms with Gasteiger partial charge in [-0.2, -0.15) is 0 Å². The van der Waals surface area contributed by atoms with Gasteiger partial charge in [0.1, 0.15) is 6.54 Å². The Morgan fingerprint density at radius 3 is 2.70 bits per heavy atom. The van der Waals surface area contributed by atoms with Crippen LogP contribution < -0.4 is 10.2 Å². The lowest BCUT2D eigenvalue weighted by Gasteiger charge is -2.20. The highest BCUT2D eigenvalue weighted by molar-refractivity contribution is 7.07. The molecule has 1 heterocycles. The molecule has 7 heteroatoms. The van der Waals surface area contributed by atoms with Gasteiger partial charge in [0.2, 0.25) is 0 Å². The van der Waals surface area contributed by atoms with E-state index in [9.17, 15) is 14.4 Å². The number of fused-ring (bicyclic) bond motifs is 1. The van der Waals surface area contributed by atoms with E-state index in [0.717, 1.165) is 29.7 Å². The first-order valence-electron chi connectivity index (χ1n) is 9.15. The van der Waals surface area contributed by atoms with Gasteiger partial charge < -0.3 is 10.1 Å². The largest absolute Gasteiger partial charge is 0.454 e. The lowest BCUT2D eigenvalue weighted by molar-refractivity contribution is -0.149. The Kier molecular flexibility index (Phi) is 6.11. The van der Waals surface area contributed by atoms with Crippen LogP contribution in [0.2, 0.25) is 0 Å². The van der Waals surface area contributed by atoms with Gasteiger partial charge in [-0.15, -0.1) is 0 Å². The van der Waals surface area contributed by atoms with Crippen molar-refractivity contribution in [2.75, 3.05) is 6.61 Å². The summed E-state index contributed by atoms with van der Waals surface area (Å²) in [6.07, 6.45) is 4.66. The van der Waals surface area contributed by atoms with Crippen molar-refractivity contribution in [3.63, 3.8) is 0 Å². The molecule has 0 saturated heterocycles. The molecule has 1 aromatic heterocycles. The number of thiazole rings is 1.